The molecule has 0 saturated heterocycles. The minimum atomic E-state index is -2.63. The fourth-order valence-corrected chi connectivity index (χ4v) is 13.3. The molecule has 0 aliphatic rings. The molecule has 0 amide bonds. The standard InChI is InChI=1S/3C14H22N4O3.3C13H20N4O3/c3*1-9(19)7-5-6-8-18-13(20)11-12(17(4)14(18)21)15-10(2)16(11)3;3*1-9(18)6-4-5-7-17-12(19)10-11(14-8-15(10)2)16(3)13(17)20/h3*9,19H,5-8H2,1-4H3;3*8-9,18H,4-7H2,1-3H3/t2*9-;;2*9-;/m10.10./s1/i3*3D3,7D2;3*9D. The summed E-state index contributed by atoms with van der Waals surface area (Å²) in [6.45, 7) is 5.18. The Balaban J connectivity index is 0.000000230. The number of unbranched alkanes of at least 4 members (excludes halogenated alkanes) is 3. The first-order chi connectivity index (χ1) is 64.5. The van der Waals surface area contributed by atoms with Crippen LogP contribution in [0.2, 0.25) is 0 Å². The number of aliphatic hydroxyl groups excluding tert-OH is 3. The van der Waals surface area contributed by atoms with E-state index in [1.165, 1.54) is 130 Å². The maximum Gasteiger partial charge on any atom is 0.332 e. The van der Waals surface area contributed by atoms with Gasteiger partial charge < -0.3 is 58.0 Å². The minimum absolute atomic E-state index is 0.0100. The molecule has 0 saturated carbocycles. The molecule has 42 nitrogen and oxygen atoms in total. The highest BCUT2D eigenvalue weighted by atomic mass is 16.3. The van der Waals surface area contributed by atoms with Crippen molar-refractivity contribution in [2.75, 3.05) is 0 Å². The number of nitrogens with zero attached hydrogens (tertiary/aromatic N) is 24. The number of aromatic nitrogens is 24. The Morgan fingerprint density at radius 1 is 0.293 bits per heavy atom. The summed E-state index contributed by atoms with van der Waals surface area (Å²) in [6.07, 6.45) is -4.57. The van der Waals surface area contributed by atoms with Crippen molar-refractivity contribution in [3.63, 3.8) is 0 Å². The second-order valence-corrected chi connectivity index (χ2v) is 29.9. The zero-order valence-corrected chi connectivity index (χ0v) is 72.6. The first-order valence-electron chi connectivity index (χ1n) is 48.6. The lowest BCUT2D eigenvalue weighted by Crippen LogP contribution is -2.39. The SMILES string of the molecule is [2H]C(C)(O)CCCCn1c(=O)c2c(ncn2C)n(C)c1=O.[2H]C([2H])(CCCn1c(=O)c2c(nc(C)n2C([2H])([2H])[2H])n(C)c1=O)C(C)O.[2H]C([2H])(CCCn1c(=O)c2c(nc(C)n2C([2H])([2H])[2H])n(C)c1=O)[C@@H](C)O.[2H]C([2H])(CCCn1c(=O)c2c(nc(C)n2C([2H])([2H])[2H])n(C)c1=O)[C@H](C)O.[2H][C@@](C)(O)CCCCn1c(=O)c2c(ncn2C)n(C)c1=O.[2H][C@](C)(O)CCCCn1c(=O)c2c(ncn2C)n(C)c1=O. The van der Waals surface area contributed by atoms with Crippen LogP contribution >= 0.6 is 0 Å². The second-order valence-electron chi connectivity index (χ2n) is 29.9. The van der Waals surface area contributed by atoms with Crippen LogP contribution < -0.4 is 67.5 Å². The molecule has 2 unspecified atom stereocenters. The van der Waals surface area contributed by atoms with Crippen molar-refractivity contribution in [2.24, 2.45) is 84.4 Å². The fraction of sp³-hybridized carbons (Fsp3) is 0.630. The van der Waals surface area contributed by atoms with Crippen molar-refractivity contribution in [2.45, 2.75) is 254 Å². The monoisotopic (exact) mass is 1740 g/mol. The molecule has 0 aromatic carbocycles. The normalized spacial score (nSPS) is 16.6. The quantitative estimate of drug-likeness (QED) is 0.0340. The Morgan fingerprint density at radius 3 is 0.667 bits per heavy atom. The largest absolute Gasteiger partial charge is 0.393 e. The van der Waals surface area contributed by atoms with E-state index in [0.717, 1.165) is 41.1 Å². The first kappa shape index (κ1) is 74.3. The molecule has 0 aliphatic heterocycles. The van der Waals surface area contributed by atoms with Crippen LogP contribution in [0.3, 0.4) is 0 Å². The lowest BCUT2D eigenvalue weighted by atomic mass is 10.2. The number of aryl methyl sites for hydroxylation is 15. The molecular weight excluding hydrogens is 1600 g/mol. The summed E-state index contributed by atoms with van der Waals surface area (Å²) in [5.41, 5.74) is -4.88. The Kier molecular flexibility index (Phi) is 26.3. The van der Waals surface area contributed by atoms with Gasteiger partial charge in [-0.25, -0.2) is 58.7 Å². The Bertz CT molecular complexity index is 6660. The predicted octanol–water partition coefficient (Wildman–Crippen LogP) is 0.834. The summed E-state index contributed by atoms with van der Waals surface area (Å²) >= 11 is 0. The van der Waals surface area contributed by atoms with Gasteiger partial charge in [-0.2, -0.15) is 0 Å². The van der Waals surface area contributed by atoms with Gasteiger partial charge in [0.15, 0.2) is 67.0 Å². The number of hydrogen-bond acceptors (Lipinski definition) is 24. The van der Waals surface area contributed by atoms with Crippen molar-refractivity contribution < 1.29 is 55.3 Å². The summed E-state index contributed by atoms with van der Waals surface area (Å²) in [4.78, 5) is 174. The van der Waals surface area contributed by atoms with Gasteiger partial charge in [0.25, 0.3) is 33.4 Å². The molecule has 6 N–H and O–H groups in total. The molecule has 12 aromatic heterocycles. The summed E-state index contributed by atoms with van der Waals surface area (Å²) in [5, 5.41) is 56.3. The average molecular weight is 1740 g/mol. The molecule has 6 atom stereocenters. The smallest absolute Gasteiger partial charge is 0.332 e. The van der Waals surface area contributed by atoms with Gasteiger partial charge >= 0.3 is 34.1 Å². The molecular formula is C81H126N24O18. The Morgan fingerprint density at radius 2 is 0.480 bits per heavy atom. The van der Waals surface area contributed by atoms with Gasteiger partial charge in [0.05, 0.1) is 59.6 Å². The van der Waals surface area contributed by atoms with E-state index in [2.05, 4.69) is 29.9 Å². The Labute approximate surface area is 731 Å². The van der Waals surface area contributed by atoms with Crippen LogP contribution in [0.25, 0.3) is 67.0 Å². The van der Waals surface area contributed by atoms with Crippen molar-refractivity contribution in [1.29, 1.82) is 0 Å². The van der Waals surface area contributed by atoms with Gasteiger partial charge in [-0.1, -0.05) is 0 Å². The van der Waals surface area contributed by atoms with Crippen LogP contribution in [0.1, 0.15) is 199 Å². The zero-order valence-electron chi connectivity index (χ0n) is 90.6. The summed E-state index contributed by atoms with van der Waals surface area (Å²) in [5.74, 6) is 0.279. The van der Waals surface area contributed by atoms with Crippen LogP contribution in [-0.2, 0) is 124 Å². The maximum absolute atomic E-state index is 12.8. The second kappa shape index (κ2) is 43.6. The lowest BCUT2D eigenvalue weighted by Gasteiger charge is -2.09. The van der Waals surface area contributed by atoms with Crippen LogP contribution in [-0.4, -0.2) is 179 Å². The van der Waals surface area contributed by atoms with E-state index >= 15 is 0 Å². The average Bonchev–Trinajstić information content (AvgIpc) is 1.59. The highest BCUT2D eigenvalue weighted by Gasteiger charge is 2.23. The van der Waals surface area contributed by atoms with Crippen molar-refractivity contribution in [3.05, 3.63) is 161 Å². The number of rotatable bonds is 30. The highest BCUT2D eigenvalue weighted by Crippen LogP contribution is 2.15. The van der Waals surface area contributed by atoms with Gasteiger partial charge in [0, 0.05) is 144 Å². The van der Waals surface area contributed by atoms with E-state index in [-0.39, 0.29) is 145 Å². The molecule has 12 aromatic rings. The van der Waals surface area contributed by atoms with Gasteiger partial charge in [0.2, 0.25) is 0 Å². The van der Waals surface area contributed by atoms with Gasteiger partial charge in [-0.05, 0) is 178 Å². The molecule has 123 heavy (non-hydrogen) atoms. The summed E-state index contributed by atoms with van der Waals surface area (Å²) < 4.78 is 158. The van der Waals surface area contributed by atoms with Crippen LogP contribution in [0.15, 0.2) is 76.5 Å². The highest BCUT2D eigenvalue weighted by molar-refractivity contribution is 5.74. The summed E-state index contributed by atoms with van der Waals surface area (Å²) in [6, 6.07) is 0. The van der Waals surface area contributed by atoms with Crippen molar-refractivity contribution in [3.8, 4) is 0 Å². The molecule has 0 spiro atoms. The third-order valence-corrected chi connectivity index (χ3v) is 20.0. The molecule has 12 heterocycles. The molecule has 0 aliphatic carbocycles. The van der Waals surface area contributed by atoms with Crippen molar-refractivity contribution in [1.82, 2.24) is 112 Å². The zero-order chi connectivity index (χ0) is 107. The third-order valence-electron chi connectivity index (χ3n) is 20.0. The molecule has 678 valence electrons. The Hall–Kier alpha value is -11.3. The van der Waals surface area contributed by atoms with Crippen LogP contribution in [0, 0.1) is 20.8 Å². The third kappa shape index (κ3) is 23.1. The molecule has 42 heteroatoms. The lowest BCUT2D eigenvalue weighted by molar-refractivity contribution is 0.179. The van der Waals surface area contributed by atoms with E-state index in [1.54, 1.807) is 56.0 Å². The van der Waals surface area contributed by atoms with Gasteiger partial charge in [-0.3, -0.25) is 83.6 Å². The molecule has 0 bridgehead atoms. The first-order valence-corrected chi connectivity index (χ1v) is 39.6. The van der Waals surface area contributed by atoms with Crippen LogP contribution in [0.4, 0.5) is 0 Å². The van der Waals surface area contributed by atoms with E-state index in [1.807, 2.05) is 0 Å². The number of aliphatic hydroxyl groups is 6. The summed E-state index contributed by atoms with van der Waals surface area (Å²) in [7, 11) is 14.1. The van der Waals surface area contributed by atoms with Gasteiger partial charge in [0.1, 0.15) is 17.5 Å². The fourth-order valence-electron chi connectivity index (χ4n) is 13.3. The molecule has 0 fully saturated rings. The van der Waals surface area contributed by atoms with Crippen molar-refractivity contribution >= 4 is 67.0 Å². The molecule has 12 rings (SSSR count). The van der Waals surface area contributed by atoms with E-state index in [9.17, 15) is 88.2 Å². The predicted molar refractivity (Wildman–Crippen MR) is 469 cm³/mol. The molecule has 0 radical (unpaired) electrons. The van der Waals surface area contributed by atoms with E-state index < -0.39 is 127 Å². The van der Waals surface area contributed by atoms with E-state index in [4.69, 9.17) is 24.7 Å². The number of hydrogen-bond donors (Lipinski definition) is 6. The van der Waals surface area contributed by atoms with E-state index in [0.29, 0.717) is 91.3 Å². The van der Waals surface area contributed by atoms with Gasteiger partial charge in [-0.15, -0.1) is 0 Å². The van der Waals surface area contributed by atoms with Crippen LogP contribution in [0.5, 0.6) is 0 Å². The minimum Gasteiger partial charge on any atom is -0.393 e. The number of imidazole rings is 6. The topological polar surface area (TPSA) is 492 Å². The maximum atomic E-state index is 12.8. The number of fused-ring (bicyclic) bond motifs is 6.